The van der Waals surface area contributed by atoms with E-state index in [4.69, 9.17) is 26.5 Å². The molecule has 0 aliphatic heterocycles. The van der Waals surface area contributed by atoms with E-state index in [1.165, 1.54) is 4.90 Å². The average molecular weight is 587 g/mol. The van der Waals surface area contributed by atoms with Gasteiger partial charge < -0.3 is 35.6 Å². The molecule has 40 heavy (non-hydrogen) atoms. The van der Waals surface area contributed by atoms with Gasteiger partial charge in [-0.1, -0.05) is 13.8 Å². The van der Waals surface area contributed by atoms with Gasteiger partial charge in [0.2, 0.25) is 17.7 Å². The molecule has 230 valence electrons. The smallest absolute Gasteiger partial charge is 0.430 e. The van der Waals surface area contributed by atoms with Crippen molar-refractivity contribution in [3.05, 3.63) is 0 Å². The summed E-state index contributed by atoms with van der Waals surface area (Å²) in [7, 11) is 0. The molecule has 0 aliphatic rings. The van der Waals surface area contributed by atoms with Crippen molar-refractivity contribution in [2.24, 2.45) is 17.4 Å². The number of carboxylic acid groups (broad SMARTS) is 3. The van der Waals surface area contributed by atoms with Gasteiger partial charge in [-0.15, -0.1) is 0 Å². The quantitative estimate of drug-likeness (QED) is 0.0524. The number of rotatable bonds is 16. The summed E-state index contributed by atoms with van der Waals surface area (Å²) in [5.74, 6) is -7.86. The van der Waals surface area contributed by atoms with Crippen molar-refractivity contribution < 1.29 is 62.3 Å². The fourth-order valence-electron chi connectivity index (χ4n) is 2.91. The van der Waals surface area contributed by atoms with E-state index in [1.807, 2.05) is 0 Å². The summed E-state index contributed by atoms with van der Waals surface area (Å²) < 4.78 is 31.5. The lowest BCUT2D eigenvalue weighted by atomic mass is 10.0. The largest absolute Gasteiger partial charge is 0.542 e. The van der Waals surface area contributed by atoms with E-state index >= 15 is 0 Å². The lowest BCUT2D eigenvalue weighted by Crippen LogP contribution is -2.78. The predicted molar refractivity (Wildman–Crippen MR) is 130 cm³/mol. The van der Waals surface area contributed by atoms with Crippen molar-refractivity contribution in [1.29, 1.82) is 0 Å². The summed E-state index contributed by atoms with van der Waals surface area (Å²) in [6, 6.07) is -2.72. The van der Waals surface area contributed by atoms with Gasteiger partial charge in [0.1, 0.15) is 18.1 Å². The molecule has 0 radical (unpaired) electrons. The molecule has 0 saturated carbocycles. The van der Waals surface area contributed by atoms with E-state index in [0.717, 1.165) is 12.8 Å². The number of nitrogens with one attached hydrogen (secondary N) is 3. The van der Waals surface area contributed by atoms with Crippen LogP contribution in [0.4, 0.5) is 13.2 Å². The number of carboxylic acids is 3. The maximum absolute atomic E-state index is 12.4. The van der Waals surface area contributed by atoms with Crippen LogP contribution in [0.1, 0.15) is 52.9 Å². The van der Waals surface area contributed by atoms with Crippen LogP contribution in [0, 0.1) is 5.92 Å². The van der Waals surface area contributed by atoms with Gasteiger partial charge in [0.25, 0.3) is 0 Å². The predicted octanol–water partition coefficient (Wildman–Crippen LogP) is -3.77. The van der Waals surface area contributed by atoms with Crippen LogP contribution in [0.5, 0.6) is 0 Å². The molecule has 0 spiro atoms. The maximum atomic E-state index is 12.4. The first-order valence-electron chi connectivity index (χ1n) is 12.0. The third-order valence-corrected chi connectivity index (χ3v) is 4.96. The molecule has 0 aromatic heterocycles. The summed E-state index contributed by atoms with van der Waals surface area (Å²) in [4.78, 5) is 72.5. The van der Waals surface area contributed by atoms with Crippen molar-refractivity contribution in [2.45, 2.75) is 71.1 Å². The molecule has 0 aromatic rings. The summed E-state index contributed by atoms with van der Waals surface area (Å²) in [6.45, 7) is 5.33. The number of carbonyl (C=O) groups is 6. The number of aliphatic carboxylic acids is 3. The highest BCUT2D eigenvalue weighted by molar-refractivity contribution is 5.94. The van der Waals surface area contributed by atoms with Crippen LogP contribution in [-0.2, 0) is 28.8 Å². The highest BCUT2D eigenvalue weighted by Gasteiger charge is 2.30. The minimum atomic E-state index is -5.19. The number of halogens is 3. The number of alkyl halides is 3. The number of guanidine groups is 1. The second kappa shape index (κ2) is 19.0. The van der Waals surface area contributed by atoms with E-state index in [0.29, 0.717) is 13.0 Å². The lowest BCUT2D eigenvalue weighted by Gasteiger charge is -2.24. The number of unbranched alkanes of at least 4 members (excludes halogenated alkanes) is 2. The van der Waals surface area contributed by atoms with E-state index in [-0.39, 0.29) is 31.4 Å². The Labute approximate surface area is 228 Å². The Bertz CT molecular complexity index is 909. The van der Waals surface area contributed by atoms with E-state index < -0.39 is 60.3 Å². The molecule has 0 heterocycles. The van der Waals surface area contributed by atoms with Gasteiger partial charge in [-0.25, -0.2) is 4.79 Å². The fraction of sp³-hybridized carbons (Fsp3) is 0.682. The number of nitrogens with two attached hydrogens (primary N) is 2. The Kier molecular flexibility index (Phi) is 18.1. The van der Waals surface area contributed by atoms with Crippen molar-refractivity contribution >= 4 is 41.6 Å². The molecule has 0 rings (SSSR count). The standard InChI is InChI=1S/C20H36N6O7.C2HF3O2/c1-4-26(15(28)8-6-5-7-9-23-20(21)22)11-14(27)24-13(10-16(29)30)18(31)25-17(12(2)3)19(32)33;3-2(4,5)1(6)7/h12-13,17H,4-11H2,1-3H3,(H,24,27)(H,25,31)(H,29,30)(H,32,33)(H4,21,22,23);(H,6,7)/t13-,17-;/m0./s1. The van der Waals surface area contributed by atoms with Gasteiger partial charge in [0, 0.05) is 13.0 Å². The summed E-state index contributed by atoms with van der Waals surface area (Å²) >= 11 is 0. The molecule has 0 unspecified atom stereocenters. The molecule has 0 saturated heterocycles. The Morgan fingerprint density at radius 1 is 1.00 bits per heavy atom. The minimum absolute atomic E-state index is 0.131. The van der Waals surface area contributed by atoms with Crippen LogP contribution in [-0.4, -0.2) is 94.6 Å². The monoisotopic (exact) mass is 586 g/mol. The molecule has 0 fully saturated rings. The molecular formula is C22H37F3N6O9. The van der Waals surface area contributed by atoms with E-state index in [2.05, 4.69) is 15.6 Å². The number of likely N-dealkylation sites (N-methyl/N-ethyl adjacent to an activating group) is 1. The van der Waals surface area contributed by atoms with E-state index in [9.17, 15) is 42.3 Å². The molecule has 3 amide bonds. The molecule has 2 atom stereocenters. The Balaban J connectivity index is 0. The maximum Gasteiger partial charge on any atom is 0.430 e. The van der Waals surface area contributed by atoms with Crippen LogP contribution in [0.15, 0.2) is 0 Å². The zero-order valence-corrected chi connectivity index (χ0v) is 22.4. The van der Waals surface area contributed by atoms with Gasteiger partial charge in [-0.3, -0.25) is 35.6 Å². The Morgan fingerprint density at radius 3 is 1.95 bits per heavy atom. The van der Waals surface area contributed by atoms with Gasteiger partial charge in [-0.05, 0) is 32.1 Å². The average Bonchev–Trinajstić information content (AvgIpc) is 2.81. The van der Waals surface area contributed by atoms with Crippen molar-refractivity contribution in [3.8, 4) is 0 Å². The molecular weight excluding hydrogens is 549 g/mol. The first-order chi connectivity index (χ1) is 18.3. The number of hydrogen-bond donors (Lipinski definition) is 7. The fourth-order valence-corrected chi connectivity index (χ4v) is 2.91. The molecule has 18 heteroatoms. The van der Waals surface area contributed by atoms with Crippen LogP contribution >= 0.6 is 0 Å². The van der Waals surface area contributed by atoms with Crippen molar-refractivity contribution in [1.82, 2.24) is 15.5 Å². The van der Waals surface area contributed by atoms with Crippen LogP contribution in [0.2, 0.25) is 0 Å². The first-order valence-corrected chi connectivity index (χ1v) is 12.0. The number of hydrogen-bond acceptors (Lipinski definition) is 7. The highest BCUT2D eigenvalue weighted by atomic mass is 19.4. The first kappa shape index (κ1) is 38.0. The zero-order chi connectivity index (χ0) is 31.6. The Hall–Kier alpha value is -4.12. The zero-order valence-electron chi connectivity index (χ0n) is 22.4. The summed E-state index contributed by atoms with van der Waals surface area (Å²) in [5, 5.41) is 31.6. The number of amides is 3. The summed E-state index contributed by atoms with van der Waals surface area (Å²) in [5.41, 5.74) is 10.6. The number of nitrogens with zero attached hydrogens (tertiary/aromatic N) is 1. The molecule has 9 N–H and O–H groups in total. The van der Waals surface area contributed by atoms with E-state index in [1.54, 1.807) is 20.8 Å². The second-order valence-electron chi connectivity index (χ2n) is 8.67. The summed E-state index contributed by atoms with van der Waals surface area (Å²) in [6.07, 6.45) is -3.61. The number of carbonyl (C=O) groups excluding carboxylic acids is 4. The van der Waals surface area contributed by atoms with Crippen molar-refractivity contribution in [2.75, 3.05) is 19.6 Å². The van der Waals surface area contributed by atoms with Crippen LogP contribution < -0.4 is 32.2 Å². The molecule has 0 aliphatic carbocycles. The van der Waals surface area contributed by atoms with Gasteiger partial charge in [0.05, 0.1) is 19.5 Å². The van der Waals surface area contributed by atoms with Crippen LogP contribution in [0.25, 0.3) is 0 Å². The molecule has 0 aromatic carbocycles. The topological polar surface area (TPSA) is 259 Å². The molecule has 0 bridgehead atoms. The minimum Gasteiger partial charge on any atom is -0.542 e. The third-order valence-electron chi connectivity index (χ3n) is 4.96. The lowest BCUT2D eigenvalue weighted by molar-refractivity contribution is -0.459. The highest BCUT2D eigenvalue weighted by Crippen LogP contribution is 2.11. The van der Waals surface area contributed by atoms with Gasteiger partial charge in [-0.2, -0.15) is 13.2 Å². The van der Waals surface area contributed by atoms with Gasteiger partial charge >= 0.3 is 24.1 Å². The second-order valence-corrected chi connectivity index (χ2v) is 8.67. The van der Waals surface area contributed by atoms with Crippen LogP contribution in [0.3, 0.4) is 0 Å². The third kappa shape index (κ3) is 18.2. The van der Waals surface area contributed by atoms with Gasteiger partial charge in [0.15, 0.2) is 0 Å². The SMILES string of the molecule is CCN(CC(=O)N[C@@H](CC(=O)O)C(=O)N[C@H](C(=O)O)C(C)C)C(=O)CCCCC[NH+]=C(N)N.O=C([O-])C(F)(F)F. The normalized spacial score (nSPS) is 12.2. The Morgan fingerprint density at radius 2 is 1.55 bits per heavy atom. The molecule has 15 nitrogen and oxygen atoms in total. The van der Waals surface area contributed by atoms with Crippen molar-refractivity contribution in [3.63, 3.8) is 0 Å².